The molecule has 0 bridgehead atoms. The first kappa shape index (κ1) is 9.51. The summed E-state index contributed by atoms with van der Waals surface area (Å²) in [7, 11) is 0. The molecule has 0 radical (unpaired) electrons. The zero-order valence-electron chi connectivity index (χ0n) is 9.30. The Kier molecular flexibility index (Phi) is 2.45. The van der Waals surface area contributed by atoms with Gasteiger partial charge in [0.25, 0.3) is 0 Å². The number of benzene rings is 1. The van der Waals surface area contributed by atoms with Crippen LogP contribution in [0.5, 0.6) is 0 Å². The van der Waals surface area contributed by atoms with E-state index in [4.69, 9.17) is 0 Å². The Morgan fingerprint density at radius 1 is 1.29 bits per heavy atom. The quantitative estimate of drug-likeness (QED) is 0.652. The Hall–Kier alpha value is -1.04. The van der Waals surface area contributed by atoms with E-state index in [1.807, 2.05) is 0 Å². The van der Waals surface area contributed by atoms with Gasteiger partial charge in [-0.05, 0) is 50.7 Å². The fourth-order valence-corrected chi connectivity index (χ4v) is 1.82. The van der Waals surface area contributed by atoms with Gasteiger partial charge in [0.15, 0.2) is 0 Å². The van der Waals surface area contributed by atoms with Gasteiger partial charge in [-0.1, -0.05) is 35.4 Å². The lowest BCUT2D eigenvalue weighted by Gasteiger charge is -2.04. The first-order valence-corrected chi connectivity index (χ1v) is 5.42. The van der Waals surface area contributed by atoms with E-state index in [0.29, 0.717) is 0 Å². The molecular formula is C14H18. The van der Waals surface area contributed by atoms with Crippen molar-refractivity contribution in [2.24, 2.45) is 5.92 Å². The average Bonchev–Trinajstić information content (AvgIpc) is 2.94. The van der Waals surface area contributed by atoms with E-state index in [0.717, 1.165) is 5.92 Å². The SMILES string of the molecule is C/C(=C/c1cc(C)ccc1C)C1CC1. The molecule has 0 nitrogen and oxygen atoms in total. The first-order valence-electron chi connectivity index (χ1n) is 5.42. The van der Waals surface area contributed by atoms with Gasteiger partial charge >= 0.3 is 0 Å². The highest BCUT2D eigenvalue weighted by molar-refractivity contribution is 5.58. The van der Waals surface area contributed by atoms with Crippen molar-refractivity contribution in [2.45, 2.75) is 33.6 Å². The molecule has 0 atom stereocenters. The van der Waals surface area contributed by atoms with Crippen molar-refractivity contribution in [3.05, 3.63) is 40.5 Å². The van der Waals surface area contributed by atoms with Gasteiger partial charge in [-0.15, -0.1) is 0 Å². The molecule has 1 aliphatic carbocycles. The van der Waals surface area contributed by atoms with Crippen LogP contribution in [0.4, 0.5) is 0 Å². The fraction of sp³-hybridized carbons (Fsp3) is 0.429. The number of rotatable bonds is 2. The van der Waals surface area contributed by atoms with Crippen molar-refractivity contribution in [3.8, 4) is 0 Å². The molecule has 1 fully saturated rings. The molecule has 14 heavy (non-hydrogen) atoms. The summed E-state index contributed by atoms with van der Waals surface area (Å²) in [4.78, 5) is 0. The maximum atomic E-state index is 2.36. The summed E-state index contributed by atoms with van der Waals surface area (Å²) >= 11 is 0. The number of aryl methyl sites for hydroxylation is 2. The van der Waals surface area contributed by atoms with Gasteiger partial charge in [0.1, 0.15) is 0 Å². The number of allylic oxidation sites excluding steroid dienone is 1. The first-order chi connectivity index (χ1) is 6.66. The van der Waals surface area contributed by atoms with Gasteiger partial charge in [-0.25, -0.2) is 0 Å². The zero-order valence-corrected chi connectivity index (χ0v) is 9.30. The minimum Gasteiger partial charge on any atom is -0.0696 e. The van der Waals surface area contributed by atoms with E-state index >= 15 is 0 Å². The summed E-state index contributed by atoms with van der Waals surface area (Å²) in [6, 6.07) is 6.67. The monoisotopic (exact) mass is 186 g/mol. The molecule has 0 saturated heterocycles. The van der Waals surface area contributed by atoms with E-state index in [2.05, 4.69) is 45.0 Å². The minimum atomic E-state index is 0.884. The third-order valence-corrected chi connectivity index (χ3v) is 3.04. The van der Waals surface area contributed by atoms with Crippen LogP contribution in [0.3, 0.4) is 0 Å². The molecule has 0 aromatic heterocycles. The summed E-state index contributed by atoms with van der Waals surface area (Å²) in [5.41, 5.74) is 5.69. The summed E-state index contributed by atoms with van der Waals surface area (Å²) in [6.07, 6.45) is 5.15. The van der Waals surface area contributed by atoms with Gasteiger partial charge in [0.2, 0.25) is 0 Å². The molecule has 0 N–H and O–H groups in total. The Morgan fingerprint density at radius 2 is 2.00 bits per heavy atom. The van der Waals surface area contributed by atoms with E-state index < -0.39 is 0 Å². The van der Waals surface area contributed by atoms with Gasteiger partial charge in [-0.3, -0.25) is 0 Å². The van der Waals surface area contributed by atoms with E-state index in [-0.39, 0.29) is 0 Å². The normalized spacial score (nSPS) is 17.2. The number of hydrogen-bond acceptors (Lipinski definition) is 0. The maximum Gasteiger partial charge on any atom is -0.0202 e. The van der Waals surface area contributed by atoms with Crippen molar-refractivity contribution < 1.29 is 0 Å². The number of hydrogen-bond donors (Lipinski definition) is 0. The van der Waals surface area contributed by atoms with Gasteiger partial charge in [-0.2, -0.15) is 0 Å². The molecule has 0 aliphatic heterocycles. The van der Waals surface area contributed by atoms with Crippen LogP contribution in [0.1, 0.15) is 36.5 Å². The molecule has 74 valence electrons. The van der Waals surface area contributed by atoms with E-state index in [1.54, 1.807) is 5.57 Å². The summed E-state index contributed by atoms with van der Waals surface area (Å²) in [6.45, 7) is 6.61. The van der Waals surface area contributed by atoms with E-state index in [9.17, 15) is 0 Å². The van der Waals surface area contributed by atoms with Crippen molar-refractivity contribution in [1.29, 1.82) is 0 Å². The Bertz CT molecular complexity index is 368. The molecule has 1 aromatic carbocycles. The minimum absolute atomic E-state index is 0.884. The Labute approximate surface area is 86.7 Å². The predicted octanol–water partition coefficient (Wildman–Crippen LogP) is 4.12. The summed E-state index contributed by atoms with van der Waals surface area (Å²) < 4.78 is 0. The fourth-order valence-electron chi connectivity index (χ4n) is 1.82. The highest BCUT2D eigenvalue weighted by Crippen LogP contribution is 2.37. The van der Waals surface area contributed by atoms with Crippen molar-refractivity contribution in [3.63, 3.8) is 0 Å². The second-order valence-electron chi connectivity index (χ2n) is 4.52. The smallest absolute Gasteiger partial charge is 0.0202 e. The maximum absolute atomic E-state index is 2.36. The van der Waals surface area contributed by atoms with Crippen LogP contribution in [0.15, 0.2) is 23.8 Å². The molecule has 0 unspecified atom stereocenters. The topological polar surface area (TPSA) is 0 Å². The molecule has 1 saturated carbocycles. The van der Waals surface area contributed by atoms with Crippen LogP contribution in [0.25, 0.3) is 6.08 Å². The van der Waals surface area contributed by atoms with Crippen LogP contribution >= 0.6 is 0 Å². The molecule has 0 amide bonds. The van der Waals surface area contributed by atoms with Crippen LogP contribution in [-0.2, 0) is 0 Å². The molecule has 1 aromatic rings. The largest absolute Gasteiger partial charge is 0.0696 e. The lowest BCUT2D eigenvalue weighted by molar-refractivity contribution is 1.02. The highest BCUT2D eigenvalue weighted by atomic mass is 14.3. The van der Waals surface area contributed by atoms with Crippen molar-refractivity contribution >= 4 is 6.08 Å². The Balaban J connectivity index is 2.30. The highest BCUT2D eigenvalue weighted by Gasteiger charge is 2.22. The van der Waals surface area contributed by atoms with E-state index in [1.165, 1.54) is 29.5 Å². The van der Waals surface area contributed by atoms with Crippen molar-refractivity contribution in [2.75, 3.05) is 0 Å². The van der Waals surface area contributed by atoms with Crippen LogP contribution in [0.2, 0.25) is 0 Å². The third-order valence-electron chi connectivity index (χ3n) is 3.04. The van der Waals surface area contributed by atoms with Crippen molar-refractivity contribution in [1.82, 2.24) is 0 Å². The lowest BCUT2D eigenvalue weighted by Crippen LogP contribution is -1.85. The van der Waals surface area contributed by atoms with Crippen LogP contribution < -0.4 is 0 Å². The average molecular weight is 186 g/mol. The zero-order chi connectivity index (χ0) is 10.1. The molecule has 0 spiro atoms. The lowest BCUT2D eigenvalue weighted by atomic mass is 10.0. The second-order valence-corrected chi connectivity index (χ2v) is 4.52. The van der Waals surface area contributed by atoms with Crippen LogP contribution in [-0.4, -0.2) is 0 Å². The second kappa shape index (κ2) is 3.61. The Morgan fingerprint density at radius 3 is 2.64 bits per heavy atom. The third kappa shape index (κ3) is 2.06. The van der Waals surface area contributed by atoms with Gasteiger partial charge < -0.3 is 0 Å². The molecule has 1 aliphatic rings. The van der Waals surface area contributed by atoms with Gasteiger partial charge in [0, 0.05) is 0 Å². The van der Waals surface area contributed by atoms with Crippen LogP contribution in [0, 0.1) is 19.8 Å². The standard InChI is InChI=1S/C14H18/c1-10-4-5-11(2)14(8-10)9-12(3)13-6-7-13/h4-5,8-9,13H,6-7H2,1-3H3/b12-9-. The molecular weight excluding hydrogens is 168 g/mol. The molecule has 0 heteroatoms. The summed E-state index contributed by atoms with van der Waals surface area (Å²) in [5.74, 6) is 0.884. The predicted molar refractivity (Wildman–Crippen MR) is 62.3 cm³/mol. The summed E-state index contributed by atoms with van der Waals surface area (Å²) in [5, 5.41) is 0. The van der Waals surface area contributed by atoms with Gasteiger partial charge in [0.05, 0.1) is 0 Å². The molecule has 2 rings (SSSR count). The molecule has 0 heterocycles.